The third kappa shape index (κ3) is 4.85. The summed E-state index contributed by atoms with van der Waals surface area (Å²) in [6, 6.07) is 10.3. The van der Waals surface area contributed by atoms with Crippen LogP contribution in [0.4, 0.5) is 5.69 Å². The number of hydrogen-bond acceptors (Lipinski definition) is 5. The molecule has 0 aliphatic carbocycles. The van der Waals surface area contributed by atoms with Crippen LogP contribution in [-0.4, -0.2) is 43.7 Å². The molecule has 2 atom stereocenters. The maximum atomic E-state index is 13.5. The molecule has 1 saturated heterocycles. The second-order valence-corrected chi connectivity index (χ2v) is 10.7. The van der Waals surface area contributed by atoms with Gasteiger partial charge in [0.05, 0.1) is 16.5 Å². The van der Waals surface area contributed by atoms with E-state index in [1.807, 2.05) is 18.2 Å². The summed E-state index contributed by atoms with van der Waals surface area (Å²) in [6.45, 7) is 3.99. The van der Waals surface area contributed by atoms with Gasteiger partial charge >= 0.3 is 0 Å². The van der Waals surface area contributed by atoms with E-state index in [-0.39, 0.29) is 29.8 Å². The third-order valence-corrected chi connectivity index (χ3v) is 8.37. The molecule has 33 heavy (non-hydrogen) atoms. The lowest BCUT2D eigenvalue weighted by molar-refractivity contribution is -0.126. The van der Waals surface area contributed by atoms with E-state index in [4.69, 9.17) is 16.3 Å². The van der Waals surface area contributed by atoms with Gasteiger partial charge in [-0.2, -0.15) is 4.31 Å². The fourth-order valence-electron chi connectivity index (χ4n) is 4.10. The minimum absolute atomic E-state index is 0.0984. The highest BCUT2D eigenvalue weighted by molar-refractivity contribution is 7.89. The van der Waals surface area contributed by atoms with Crippen LogP contribution in [0.5, 0.6) is 5.75 Å². The molecule has 2 aromatic rings. The van der Waals surface area contributed by atoms with E-state index in [0.29, 0.717) is 41.4 Å². The second-order valence-electron chi connectivity index (χ2n) is 8.37. The minimum atomic E-state index is -3.86. The molecule has 8 nitrogen and oxygen atoms in total. The SMILES string of the molecule is Cc1cc2c(cc1S(=O)(=O)N1CCC[C@@H](C(=O)NCc3ccccc3Cl)C1)O[C@H](C)C(=O)N2. The molecule has 0 saturated carbocycles. The number of benzene rings is 2. The highest BCUT2D eigenvalue weighted by atomic mass is 35.5. The van der Waals surface area contributed by atoms with Gasteiger partial charge < -0.3 is 15.4 Å². The largest absolute Gasteiger partial charge is 0.479 e. The van der Waals surface area contributed by atoms with Crippen molar-refractivity contribution in [2.24, 2.45) is 5.92 Å². The van der Waals surface area contributed by atoms with Crippen molar-refractivity contribution in [3.05, 3.63) is 52.5 Å². The molecule has 0 unspecified atom stereocenters. The fourth-order valence-corrected chi connectivity index (χ4v) is 6.05. The number of amides is 2. The standard InChI is InChI=1S/C23H26ClN3O5S/c1-14-10-19-20(32-15(2)22(28)26-19)11-21(14)33(30,31)27-9-5-7-17(13-27)23(29)25-12-16-6-3-4-8-18(16)24/h3-4,6,8,10-11,15,17H,5,7,9,12-13H2,1-2H3,(H,25,29)(H,26,28)/t15-,17-/m1/s1. The predicted molar refractivity (Wildman–Crippen MR) is 125 cm³/mol. The van der Waals surface area contributed by atoms with Crippen LogP contribution in [0, 0.1) is 12.8 Å². The Morgan fingerprint density at radius 2 is 2.06 bits per heavy atom. The number of halogens is 1. The molecule has 2 amide bonds. The van der Waals surface area contributed by atoms with Gasteiger partial charge in [0.15, 0.2) is 6.10 Å². The molecule has 2 aromatic carbocycles. The van der Waals surface area contributed by atoms with Crippen LogP contribution >= 0.6 is 11.6 Å². The normalized spacial score (nSPS) is 21.0. The average Bonchev–Trinajstić information content (AvgIpc) is 2.79. The number of sulfonamides is 1. The Morgan fingerprint density at radius 1 is 1.30 bits per heavy atom. The number of carbonyl (C=O) groups excluding carboxylic acids is 2. The van der Waals surface area contributed by atoms with E-state index in [2.05, 4.69) is 10.6 Å². The summed E-state index contributed by atoms with van der Waals surface area (Å²) in [5, 5.41) is 6.18. The molecule has 2 aliphatic heterocycles. The predicted octanol–water partition coefficient (Wildman–Crippen LogP) is 3.08. The number of aryl methyl sites for hydroxylation is 1. The first kappa shape index (κ1) is 23.5. The van der Waals surface area contributed by atoms with E-state index in [1.54, 1.807) is 26.0 Å². The number of nitrogens with zero attached hydrogens (tertiary/aromatic N) is 1. The van der Waals surface area contributed by atoms with Crippen molar-refractivity contribution in [2.75, 3.05) is 18.4 Å². The molecule has 0 bridgehead atoms. The van der Waals surface area contributed by atoms with Crippen molar-refractivity contribution >= 4 is 39.1 Å². The van der Waals surface area contributed by atoms with Gasteiger partial charge in [0.1, 0.15) is 5.75 Å². The molecule has 2 heterocycles. The number of fused-ring (bicyclic) bond motifs is 1. The molecule has 0 aromatic heterocycles. The van der Waals surface area contributed by atoms with Gasteiger partial charge in [-0.05, 0) is 49.9 Å². The highest BCUT2D eigenvalue weighted by Crippen LogP contribution is 2.36. The van der Waals surface area contributed by atoms with Gasteiger partial charge in [0.25, 0.3) is 5.91 Å². The number of rotatable bonds is 5. The average molecular weight is 492 g/mol. The summed E-state index contributed by atoms with van der Waals surface area (Å²) in [5.74, 6) is -0.613. The Kier molecular flexibility index (Phi) is 6.65. The molecule has 1 fully saturated rings. The van der Waals surface area contributed by atoms with Crippen LogP contribution in [0.1, 0.15) is 30.9 Å². The Bertz CT molecular complexity index is 1200. The zero-order valence-electron chi connectivity index (χ0n) is 18.4. The Labute approximate surface area is 198 Å². The number of nitrogens with one attached hydrogen (secondary N) is 2. The summed E-state index contributed by atoms with van der Waals surface area (Å²) in [4.78, 5) is 24.7. The summed E-state index contributed by atoms with van der Waals surface area (Å²) in [6.07, 6.45) is 0.477. The lowest BCUT2D eigenvalue weighted by atomic mass is 9.99. The van der Waals surface area contributed by atoms with Crippen LogP contribution in [0.15, 0.2) is 41.3 Å². The van der Waals surface area contributed by atoms with Crippen molar-refractivity contribution < 1.29 is 22.7 Å². The van der Waals surface area contributed by atoms with Gasteiger partial charge in [-0.25, -0.2) is 8.42 Å². The third-order valence-electron chi connectivity index (χ3n) is 5.99. The van der Waals surface area contributed by atoms with Crippen LogP contribution < -0.4 is 15.4 Å². The van der Waals surface area contributed by atoms with Crippen molar-refractivity contribution in [1.29, 1.82) is 0 Å². The molecule has 10 heteroatoms. The van der Waals surface area contributed by atoms with Crippen LogP contribution in [0.25, 0.3) is 0 Å². The number of anilines is 1. The Morgan fingerprint density at radius 3 is 2.82 bits per heavy atom. The van der Waals surface area contributed by atoms with Crippen LogP contribution in [0.3, 0.4) is 0 Å². The van der Waals surface area contributed by atoms with Crippen molar-refractivity contribution in [1.82, 2.24) is 9.62 Å². The van der Waals surface area contributed by atoms with Crippen molar-refractivity contribution in [3.63, 3.8) is 0 Å². The maximum absolute atomic E-state index is 13.5. The summed E-state index contributed by atoms with van der Waals surface area (Å²) in [7, 11) is -3.86. The molecular weight excluding hydrogens is 466 g/mol. The van der Waals surface area contributed by atoms with E-state index < -0.39 is 22.0 Å². The highest BCUT2D eigenvalue weighted by Gasteiger charge is 2.35. The van der Waals surface area contributed by atoms with E-state index in [9.17, 15) is 18.0 Å². The zero-order valence-corrected chi connectivity index (χ0v) is 20.0. The monoisotopic (exact) mass is 491 g/mol. The first-order valence-electron chi connectivity index (χ1n) is 10.8. The zero-order chi connectivity index (χ0) is 23.8. The van der Waals surface area contributed by atoms with Crippen LogP contribution in [-0.2, 0) is 26.2 Å². The number of hydrogen-bond donors (Lipinski definition) is 2. The smallest absolute Gasteiger partial charge is 0.265 e. The van der Waals surface area contributed by atoms with Gasteiger partial charge in [-0.1, -0.05) is 29.8 Å². The maximum Gasteiger partial charge on any atom is 0.265 e. The number of carbonyl (C=O) groups is 2. The van der Waals surface area contributed by atoms with Crippen molar-refractivity contribution in [2.45, 2.75) is 44.2 Å². The first-order chi connectivity index (χ1) is 15.7. The summed E-state index contributed by atoms with van der Waals surface area (Å²) < 4.78 is 33.9. The van der Waals surface area contributed by atoms with E-state index >= 15 is 0 Å². The van der Waals surface area contributed by atoms with Gasteiger partial charge in [0, 0.05) is 30.7 Å². The summed E-state index contributed by atoms with van der Waals surface area (Å²) >= 11 is 6.15. The Hall–Kier alpha value is -2.62. The van der Waals surface area contributed by atoms with Gasteiger partial charge in [-0.15, -0.1) is 0 Å². The molecule has 176 valence electrons. The van der Waals surface area contributed by atoms with Crippen LogP contribution in [0.2, 0.25) is 5.02 Å². The molecule has 2 N–H and O–H groups in total. The molecule has 0 spiro atoms. The molecule has 0 radical (unpaired) electrons. The van der Waals surface area contributed by atoms with Gasteiger partial charge in [-0.3, -0.25) is 9.59 Å². The van der Waals surface area contributed by atoms with E-state index in [0.717, 1.165) is 5.56 Å². The Balaban J connectivity index is 1.49. The van der Waals surface area contributed by atoms with Crippen molar-refractivity contribution in [3.8, 4) is 5.75 Å². The number of piperidine rings is 1. The van der Waals surface area contributed by atoms with Gasteiger partial charge in [0.2, 0.25) is 15.9 Å². The minimum Gasteiger partial charge on any atom is -0.479 e. The lowest BCUT2D eigenvalue weighted by Crippen LogP contribution is -2.45. The second kappa shape index (κ2) is 9.32. The molecule has 4 rings (SSSR count). The molecular formula is C23H26ClN3O5S. The number of ether oxygens (including phenoxy) is 1. The molecule has 2 aliphatic rings. The fraction of sp³-hybridized carbons (Fsp3) is 0.391. The quantitative estimate of drug-likeness (QED) is 0.668. The topological polar surface area (TPSA) is 105 Å². The van der Waals surface area contributed by atoms with E-state index in [1.165, 1.54) is 10.4 Å². The lowest BCUT2D eigenvalue weighted by Gasteiger charge is -2.32. The first-order valence-corrected chi connectivity index (χ1v) is 12.6. The summed E-state index contributed by atoms with van der Waals surface area (Å²) in [5.41, 5.74) is 1.75.